The smallest absolute Gasteiger partial charge is 0.309 e. The van der Waals surface area contributed by atoms with E-state index < -0.39 is 69.7 Å². The molecule has 3 N–H and O–H groups in total. The van der Waals surface area contributed by atoms with Crippen molar-refractivity contribution in [3.63, 3.8) is 0 Å². The molecule has 4 aliphatic rings. The Hall–Kier alpha value is -2.03. The predicted octanol–water partition coefficient (Wildman–Crippen LogP) is 2.10. The molecule has 0 radical (unpaired) electrons. The number of Topliss-reactive ketones (excluding diaryl/α,β-unsaturated/α-hetero) is 1. The molecule has 8 heteroatoms. The van der Waals surface area contributed by atoms with Crippen molar-refractivity contribution in [1.29, 1.82) is 0 Å². The number of carbonyl (C=O) groups excluding carboxylic acids is 3. The Labute approximate surface area is 206 Å². The summed E-state index contributed by atoms with van der Waals surface area (Å²) in [4.78, 5) is 38.4. The Bertz CT molecular complexity index is 1030. The molecule has 0 aromatic heterocycles. The Balaban J connectivity index is 1.94. The van der Waals surface area contributed by atoms with E-state index in [1.807, 2.05) is 20.8 Å². The molecule has 4 rings (SSSR count). The highest BCUT2D eigenvalue weighted by molar-refractivity contribution is 6.04. The molecule has 9 atom stereocenters. The third-order valence-electron chi connectivity index (χ3n) is 9.54. The van der Waals surface area contributed by atoms with E-state index >= 15 is 0 Å². The topological polar surface area (TPSA) is 130 Å². The summed E-state index contributed by atoms with van der Waals surface area (Å²) in [6, 6.07) is 0. The van der Waals surface area contributed by atoms with Crippen LogP contribution in [-0.4, -0.2) is 62.6 Å². The quantitative estimate of drug-likeness (QED) is 0.395. The molecule has 0 bridgehead atoms. The van der Waals surface area contributed by atoms with Gasteiger partial charge in [-0.15, -0.1) is 0 Å². The molecule has 0 spiro atoms. The maximum Gasteiger partial charge on any atom is 0.309 e. The molecule has 0 aliphatic heterocycles. The average molecular weight is 491 g/mol. The van der Waals surface area contributed by atoms with Gasteiger partial charge in [-0.05, 0) is 24.5 Å². The van der Waals surface area contributed by atoms with Crippen LogP contribution in [0.2, 0.25) is 0 Å². The van der Waals surface area contributed by atoms with Crippen LogP contribution >= 0.6 is 0 Å². The minimum absolute atomic E-state index is 0.114. The van der Waals surface area contributed by atoms with Gasteiger partial charge in [-0.3, -0.25) is 14.4 Å². The van der Waals surface area contributed by atoms with Gasteiger partial charge < -0.3 is 24.8 Å². The first kappa shape index (κ1) is 26.0. The summed E-state index contributed by atoms with van der Waals surface area (Å²) in [6.07, 6.45) is 2.83. The third kappa shape index (κ3) is 3.18. The molecule has 0 amide bonds. The average Bonchev–Trinajstić information content (AvgIpc) is 3.21. The number of hydrogen-bond acceptors (Lipinski definition) is 8. The second-order valence-corrected chi connectivity index (χ2v) is 11.7. The van der Waals surface area contributed by atoms with Crippen molar-refractivity contribution in [3.05, 3.63) is 23.3 Å². The maximum absolute atomic E-state index is 13.1. The lowest BCUT2D eigenvalue weighted by molar-refractivity contribution is -0.229. The Kier molecular flexibility index (Phi) is 5.94. The monoisotopic (exact) mass is 490 g/mol. The lowest BCUT2D eigenvalue weighted by Gasteiger charge is -2.53. The summed E-state index contributed by atoms with van der Waals surface area (Å²) in [7, 11) is 0. The van der Waals surface area contributed by atoms with Gasteiger partial charge in [0.2, 0.25) is 0 Å². The largest absolute Gasteiger partial charge is 0.458 e. The van der Waals surface area contributed by atoms with E-state index in [2.05, 4.69) is 0 Å². The minimum Gasteiger partial charge on any atom is -0.458 e. The summed E-state index contributed by atoms with van der Waals surface area (Å²) in [5, 5.41) is 34.3. The van der Waals surface area contributed by atoms with E-state index in [4.69, 9.17) is 9.47 Å². The van der Waals surface area contributed by atoms with Crippen molar-refractivity contribution in [2.45, 2.75) is 84.2 Å². The van der Waals surface area contributed by atoms with Gasteiger partial charge in [0, 0.05) is 42.4 Å². The summed E-state index contributed by atoms with van der Waals surface area (Å²) in [5.41, 5.74) is -4.74. The Morgan fingerprint density at radius 3 is 2.40 bits per heavy atom. The molecule has 0 aromatic carbocycles. The van der Waals surface area contributed by atoms with Crippen molar-refractivity contribution < 1.29 is 39.2 Å². The molecule has 8 nitrogen and oxygen atoms in total. The van der Waals surface area contributed by atoms with Crippen LogP contribution < -0.4 is 0 Å². The predicted molar refractivity (Wildman–Crippen MR) is 126 cm³/mol. The Morgan fingerprint density at radius 1 is 1.23 bits per heavy atom. The number of fused-ring (bicyclic) bond motifs is 5. The van der Waals surface area contributed by atoms with Crippen molar-refractivity contribution in [2.75, 3.05) is 6.61 Å². The van der Waals surface area contributed by atoms with Crippen molar-refractivity contribution in [2.24, 2.45) is 35.0 Å². The first-order chi connectivity index (χ1) is 16.1. The van der Waals surface area contributed by atoms with Crippen molar-refractivity contribution >= 4 is 17.7 Å². The zero-order chi connectivity index (χ0) is 26.3. The molecule has 0 aromatic rings. The normalized spacial score (nSPS) is 44.1. The summed E-state index contributed by atoms with van der Waals surface area (Å²) < 4.78 is 12.0. The van der Waals surface area contributed by atoms with Gasteiger partial charge in [0.05, 0.1) is 18.1 Å². The molecule has 194 valence electrons. The van der Waals surface area contributed by atoms with Gasteiger partial charge in [0.1, 0.15) is 11.7 Å². The highest BCUT2D eigenvalue weighted by atomic mass is 16.6. The summed E-state index contributed by atoms with van der Waals surface area (Å²) in [5.74, 6) is -4.75. The van der Waals surface area contributed by atoms with Crippen LogP contribution in [0.5, 0.6) is 0 Å². The van der Waals surface area contributed by atoms with Crippen LogP contribution in [0.25, 0.3) is 0 Å². The molecular weight excluding hydrogens is 452 g/mol. The first-order valence-electron chi connectivity index (χ1n) is 12.5. The molecule has 4 aliphatic carbocycles. The molecular formula is C27H38O8. The fourth-order valence-electron chi connectivity index (χ4n) is 7.44. The van der Waals surface area contributed by atoms with Gasteiger partial charge in [0.25, 0.3) is 0 Å². The SMILES string of the molecule is CC[C@H](C)C(=O)O[C@]12[C@H](OC(C)=O)[C@H](C)[C@]3(O)[C@H](C=C(CO)C[C@]4(O)C(=O)C(C)=C[C@H]34)[C@@H]1C2(C)C. The number of ether oxygens (including phenoxy) is 2. The lowest BCUT2D eigenvalue weighted by Crippen LogP contribution is -2.66. The highest BCUT2D eigenvalue weighted by Gasteiger charge is 2.88. The fraction of sp³-hybridized carbons (Fsp3) is 0.741. The Morgan fingerprint density at radius 2 is 1.86 bits per heavy atom. The standard InChI is InChI=1S/C27H38O8/c1-8-13(2)23(31)35-27-20(24(27,6)7)18-10-17(12-28)11-25(32)19(9-14(3)21(25)30)26(18,33)15(4)22(27)34-16(5)29/h9-10,13,15,18-20,22,28,32-33H,8,11-12H2,1-7H3/t13-,15-,18+,19-,20+,22+,25+,26-,27-/m0/s1. The zero-order valence-electron chi connectivity index (χ0n) is 21.6. The molecule has 2 saturated carbocycles. The maximum atomic E-state index is 13.1. The number of aliphatic hydroxyl groups excluding tert-OH is 1. The van der Waals surface area contributed by atoms with E-state index in [9.17, 15) is 29.7 Å². The van der Waals surface area contributed by atoms with Crippen LogP contribution in [-0.2, 0) is 23.9 Å². The zero-order valence-corrected chi connectivity index (χ0v) is 21.6. The van der Waals surface area contributed by atoms with E-state index in [1.54, 1.807) is 32.9 Å². The van der Waals surface area contributed by atoms with E-state index in [1.165, 1.54) is 6.92 Å². The van der Waals surface area contributed by atoms with Gasteiger partial charge in [-0.25, -0.2) is 0 Å². The molecule has 0 heterocycles. The van der Waals surface area contributed by atoms with Gasteiger partial charge in [0.15, 0.2) is 11.4 Å². The number of esters is 2. The van der Waals surface area contributed by atoms with Crippen molar-refractivity contribution in [3.8, 4) is 0 Å². The van der Waals surface area contributed by atoms with Crippen LogP contribution in [0.15, 0.2) is 23.3 Å². The van der Waals surface area contributed by atoms with Crippen LogP contribution in [0.1, 0.15) is 61.3 Å². The molecule has 0 saturated heterocycles. The molecule has 2 fully saturated rings. The second-order valence-electron chi connectivity index (χ2n) is 11.7. The van der Waals surface area contributed by atoms with Gasteiger partial charge in [-0.2, -0.15) is 0 Å². The number of ketones is 1. The fourth-order valence-corrected chi connectivity index (χ4v) is 7.44. The lowest BCUT2D eigenvalue weighted by atomic mass is 9.59. The van der Waals surface area contributed by atoms with Gasteiger partial charge >= 0.3 is 11.9 Å². The number of rotatable bonds is 5. The van der Waals surface area contributed by atoms with Crippen LogP contribution in [0.4, 0.5) is 0 Å². The van der Waals surface area contributed by atoms with E-state index in [-0.39, 0.29) is 18.9 Å². The highest BCUT2D eigenvalue weighted by Crippen LogP contribution is 2.77. The molecule has 0 unspecified atom stereocenters. The number of carbonyl (C=O) groups is 3. The number of hydrogen-bond donors (Lipinski definition) is 3. The van der Waals surface area contributed by atoms with E-state index in [0.29, 0.717) is 17.6 Å². The van der Waals surface area contributed by atoms with Crippen LogP contribution in [0.3, 0.4) is 0 Å². The summed E-state index contributed by atoms with van der Waals surface area (Å²) in [6.45, 7) is 11.7. The van der Waals surface area contributed by atoms with Gasteiger partial charge in [-0.1, -0.05) is 46.8 Å². The second kappa shape index (κ2) is 7.98. The van der Waals surface area contributed by atoms with E-state index in [0.717, 1.165) is 0 Å². The minimum atomic E-state index is -1.93. The number of aliphatic hydroxyl groups is 3. The third-order valence-corrected chi connectivity index (χ3v) is 9.54. The summed E-state index contributed by atoms with van der Waals surface area (Å²) >= 11 is 0. The molecule has 35 heavy (non-hydrogen) atoms. The van der Waals surface area contributed by atoms with Crippen molar-refractivity contribution in [1.82, 2.24) is 0 Å². The first-order valence-corrected chi connectivity index (χ1v) is 12.5. The van der Waals surface area contributed by atoms with Crippen LogP contribution in [0, 0.1) is 35.0 Å².